The second kappa shape index (κ2) is 6.74. The number of aromatic nitrogens is 1. The van der Waals surface area contributed by atoms with Crippen molar-refractivity contribution < 1.29 is 0 Å². The van der Waals surface area contributed by atoms with Crippen LogP contribution >= 0.6 is 23.1 Å². The lowest BCUT2D eigenvalue weighted by Gasteiger charge is -2.14. The van der Waals surface area contributed by atoms with E-state index in [1.54, 1.807) is 11.3 Å². The number of thioether (sulfide) groups is 1. The van der Waals surface area contributed by atoms with E-state index in [0.717, 1.165) is 17.2 Å². The Labute approximate surface area is 129 Å². The Balaban J connectivity index is 1.85. The van der Waals surface area contributed by atoms with Crippen molar-refractivity contribution in [2.45, 2.75) is 43.5 Å². The lowest BCUT2D eigenvalue weighted by molar-refractivity contribution is 0.569. The third-order valence-electron chi connectivity index (χ3n) is 2.96. The topological polar surface area (TPSA) is 38.9 Å². The molecule has 1 heterocycles. The molecule has 0 amide bonds. The molecule has 2 rings (SSSR count). The van der Waals surface area contributed by atoms with Crippen LogP contribution in [0.25, 0.3) is 0 Å². The standard InChI is InChI=1S/C16H22N2S2/c1-16(2,3)14-11-20-15(18-14)9-12(17)10-19-13-7-5-4-6-8-13/h4-8,11-12H,9-10,17H2,1-3H3. The van der Waals surface area contributed by atoms with Crippen molar-refractivity contribution in [3.63, 3.8) is 0 Å². The van der Waals surface area contributed by atoms with Gasteiger partial charge in [-0.25, -0.2) is 4.98 Å². The Morgan fingerprint density at radius 1 is 1.25 bits per heavy atom. The zero-order valence-corrected chi connectivity index (χ0v) is 13.9. The van der Waals surface area contributed by atoms with Crippen LogP contribution in [0, 0.1) is 0 Å². The van der Waals surface area contributed by atoms with Crippen LogP contribution in [0.2, 0.25) is 0 Å². The molecule has 0 aliphatic rings. The molecule has 0 aliphatic heterocycles. The molecule has 0 bridgehead atoms. The number of nitrogens with zero attached hydrogens (tertiary/aromatic N) is 1. The summed E-state index contributed by atoms with van der Waals surface area (Å²) in [7, 11) is 0. The number of hydrogen-bond acceptors (Lipinski definition) is 4. The van der Waals surface area contributed by atoms with Crippen molar-refractivity contribution in [3.05, 3.63) is 46.4 Å². The van der Waals surface area contributed by atoms with Crippen LogP contribution < -0.4 is 5.73 Å². The number of hydrogen-bond donors (Lipinski definition) is 1. The summed E-state index contributed by atoms with van der Waals surface area (Å²) in [4.78, 5) is 5.98. The van der Waals surface area contributed by atoms with Gasteiger partial charge in [-0.05, 0) is 12.1 Å². The molecule has 4 heteroatoms. The monoisotopic (exact) mass is 306 g/mol. The van der Waals surface area contributed by atoms with Gasteiger partial charge in [0.1, 0.15) is 0 Å². The van der Waals surface area contributed by atoms with E-state index < -0.39 is 0 Å². The number of benzene rings is 1. The molecule has 0 radical (unpaired) electrons. The van der Waals surface area contributed by atoms with Crippen molar-refractivity contribution in [2.24, 2.45) is 5.73 Å². The molecule has 1 aromatic carbocycles. The molecule has 108 valence electrons. The molecule has 1 unspecified atom stereocenters. The minimum atomic E-state index is 0.123. The molecule has 20 heavy (non-hydrogen) atoms. The van der Waals surface area contributed by atoms with E-state index in [0.29, 0.717) is 0 Å². The highest BCUT2D eigenvalue weighted by Gasteiger charge is 2.18. The summed E-state index contributed by atoms with van der Waals surface area (Å²) in [5.41, 5.74) is 7.51. The zero-order valence-electron chi connectivity index (χ0n) is 12.3. The van der Waals surface area contributed by atoms with Crippen LogP contribution in [-0.4, -0.2) is 16.8 Å². The summed E-state index contributed by atoms with van der Waals surface area (Å²) in [6.07, 6.45) is 0.862. The summed E-state index contributed by atoms with van der Waals surface area (Å²) < 4.78 is 0. The normalized spacial score (nSPS) is 13.4. The third kappa shape index (κ3) is 4.62. The Morgan fingerprint density at radius 3 is 2.55 bits per heavy atom. The highest BCUT2D eigenvalue weighted by molar-refractivity contribution is 7.99. The first-order chi connectivity index (χ1) is 9.45. The minimum absolute atomic E-state index is 0.123. The van der Waals surface area contributed by atoms with Crippen molar-refractivity contribution >= 4 is 23.1 Å². The fraction of sp³-hybridized carbons (Fsp3) is 0.438. The summed E-state index contributed by atoms with van der Waals surface area (Å²) in [5, 5.41) is 3.31. The third-order valence-corrected chi connectivity index (χ3v) is 5.04. The molecule has 2 aromatic rings. The van der Waals surface area contributed by atoms with Crippen LogP contribution in [0.1, 0.15) is 31.5 Å². The van der Waals surface area contributed by atoms with Crippen molar-refractivity contribution in [2.75, 3.05) is 5.75 Å². The molecule has 0 fully saturated rings. The van der Waals surface area contributed by atoms with Gasteiger partial charge in [-0.1, -0.05) is 39.0 Å². The molecule has 2 nitrogen and oxygen atoms in total. The minimum Gasteiger partial charge on any atom is -0.327 e. The molecule has 0 aliphatic carbocycles. The summed E-state index contributed by atoms with van der Waals surface area (Å²) >= 11 is 3.54. The summed E-state index contributed by atoms with van der Waals surface area (Å²) in [5.74, 6) is 0.925. The van der Waals surface area contributed by atoms with E-state index in [-0.39, 0.29) is 11.5 Å². The quantitative estimate of drug-likeness (QED) is 0.845. The number of nitrogens with two attached hydrogens (primary N) is 1. The molecule has 1 atom stereocenters. The second-order valence-electron chi connectivity index (χ2n) is 5.96. The van der Waals surface area contributed by atoms with Gasteiger partial charge < -0.3 is 5.73 Å². The van der Waals surface area contributed by atoms with Crippen LogP contribution in [0.5, 0.6) is 0 Å². The Kier molecular flexibility index (Phi) is 5.24. The highest BCUT2D eigenvalue weighted by Crippen LogP contribution is 2.25. The zero-order chi connectivity index (χ0) is 14.6. The predicted octanol–water partition coefficient (Wildman–Crippen LogP) is 4.10. The molecule has 0 spiro atoms. The number of rotatable bonds is 5. The largest absolute Gasteiger partial charge is 0.327 e. The lowest BCUT2D eigenvalue weighted by Crippen LogP contribution is -2.25. The first kappa shape index (κ1) is 15.5. The van der Waals surface area contributed by atoms with Crippen LogP contribution in [-0.2, 0) is 11.8 Å². The van der Waals surface area contributed by atoms with Gasteiger partial charge in [-0.2, -0.15) is 0 Å². The Hall–Kier alpha value is -0.840. The first-order valence-corrected chi connectivity index (χ1v) is 8.70. The predicted molar refractivity (Wildman–Crippen MR) is 89.7 cm³/mol. The SMILES string of the molecule is CC(C)(C)c1csc(CC(N)CSc2ccccc2)n1. The van der Waals surface area contributed by atoms with Gasteiger partial charge in [0.25, 0.3) is 0 Å². The van der Waals surface area contributed by atoms with Gasteiger partial charge in [0, 0.05) is 33.9 Å². The highest BCUT2D eigenvalue weighted by atomic mass is 32.2. The van der Waals surface area contributed by atoms with Crippen LogP contribution in [0.4, 0.5) is 0 Å². The van der Waals surface area contributed by atoms with Crippen LogP contribution in [0.15, 0.2) is 40.6 Å². The first-order valence-electron chi connectivity index (χ1n) is 6.83. The molecular weight excluding hydrogens is 284 g/mol. The Bertz CT molecular complexity index is 529. The lowest BCUT2D eigenvalue weighted by atomic mass is 9.93. The molecule has 0 saturated heterocycles. The van der Waals surface area contributed by atoms with Crippen molar-refractivity contribution in [1.29, 1.82) is 0 Å². The fourth-order valence-electron chi connectivity index (χ4n) is 1.75. The van der Waals surface area contributed by atoms with E-state index in [9.17, 15) is 0 Å². The van der Waals surface area contributed by atoms with E-state index in [1.807, 2.05) is 17.8 Å². The van der Waals surface area contributed by atoms with Gasteiger partial charge in [-0.3, -0.25) is 0 Å². The molecular formula is C16H22N2S2. The van der Waals surface area contributed by atoms with Crippen molar-refractivity contribution in [3.8, 4) is 0 Å². The average Bonchev–Trinajstić information content (AvgIpc) is 2.86. The smallest absolute Gasteiger partial charge is 0.0944 e. The van der Waals surface area contributed by atoms with Gasteiger partial charge >= 0.3 is 0 Å². The van der Waals surface area contributed by atoms with Gasteiger partial charge in [0.15, 0.2) is 0 Å². The maximum absolute atomic E-state index is 6.22. The van der Waals surface area contributed by atoms with E-state index in [1.165, 1.54) is 10.6 Å². The molecule has 1 aromatic heterocycles. The van der Waals surface area contributed by atoms with E-state index in [4.69, 9.17) is 10.7 Å². The molecule has 2 N–H and O–H groups in total. The van der Waals surface area contributed by atoms with Crippen LogP contribution in [0.3, 0.4) is 0 Å². The van der Waals surface area contributed by atoms with Gasteiger partial charge in [0.05, 0.1) is 10.7 Å². The van der Waals surface area contributed by atoms with Gasteiger partial charge in [0.2, 0.25) is 0 Å². The summed E-state index contributed by atoms with van der Waals surface area (Å²) in [6.45, 7) is 6.57. The van der Waals surface area contributed by atoms with Crippen molar-refractivity contribution in [1.82, 2.24) is 4.98 Å². The molecule has 0 saturated carbocycles. The van der Waals surface area contributed by atoms with E-state index >= 15 is 0 Å². The second-order valence-corrected chi connectivity index (χ2v) is 8.00. The van der Waals surface area contributed by atoms with Gasteiger partial charge in [-0.15, -0.1) is 23.1 Å². The maximum atomic E-state index is 6.22. The van der Waals surface area contributed by atoms with E-state index in [2.05, 4.69) is 50.4 Å². The summed E-state index contributed by atoms with van der Waals surface area (Å²) in [6, 6.07) is 10.6. The Morgan fingerprint density at radius 2 is 1.95 bits per heavy atom. The average molecular weight is 306 g/mol. The maximum Gasteiger partial charge on any atom is 0.0944 e. The fourth-order valence-corrected chi connectivity index (χ4v) is 3.74. The number of thiazole rings is 1.